The van der Waals surface area contributed by atoms with Gasteiger partial charge in [-0.3, -0.25) is 4.99 Å². The molecule has 0 aliphatic heterocycles. The van der Waals surface area contributed by atoms with Crippen molar-refractivity contribution in [2.75, 3.05) is 6.61 Å². The van der Waals surface area contributed by atoms with Gasteiger partial charge in [0, 0.05) is 28.9 Å². The van der Waals surface area contributed by atoms with Gasteiger partial charge in [-0.05, 0) is 74.0 Å². The van der Waals surface area contributed by atoms with Crippen molar-refractivity contribution in [3.8, 4) is 5.69 Å². The van der Waals surface area contributed by atoms with E-state index in [1.165, 1.54) is 10.8 Å². The fraction of sp³-hybridized carbons (Fsp3) is 0.154. The summed E-state index contributed by atoms with van der Waals surface area (Å²) >= 11 is 0. The molecule has 30 heavy (non-hydrogen) atoms. The van der Waals surface area contributed by atoms with Gasteiger partial charge in [-0.2, -0.15) is 0 Å². The van der Waals surface area contributed by atoms with Crippen molar-refractivity contribution in [1.29, 1.82) is 0 Å². The summed E-state index contributed by atoms with van der Waals surface area (Å²) < 4.78 is 7.23. The third-order valence-electron chi connectivity index (χ3n) is 5.19. The summed E-state index contributed by atoms with van der Waals surface area (Å²) in [6, 6.07) is 24.1. The number of rotatable bonds is 5. The average Bonchev–Trinajstić information content (AvgIpc) is 3.05. The second-order valence-electron chi connectivity index (χ2n) is 7.22. The monoisotopic (exact) mass is 396 g/mol. The lowest BCUT2D eigenvalue weighted by Crippen LogP contribution is -2.05. The molecule has 0 amide bonds. The predicted molar refractivity (Wildman–Crippen MR) is 122 cm³/mol. The van der Waals surface area contributed by atoms with Crippen LogP contribution in [0.15, 0.2) is 77.8 Å². The maximum Gasteiger partial charge on any atom is 0.338 e. The minimum atomic E-state index is -0.298. The van der Waals surface area contributed by atoms with Gasteiger partial charge >= 0.3 is 5.97 Å². The van der Waals surface area contributed by atoms with Gasteiger partial charge in [0.2, 0.25) is 0 Å². The third kappa shape index (κ3) is 3.90. The number of hydrogen-bond acceptors (Lipinski definition) is 3. The maximum absolute atomic E-state index is 11.9. The first-order chi connectivity index (χ1) is 14.6. The van der Waals surface area contributed by atoms with Crippen molar-refractivity contribution in [3.05, 3.63) is 95.3 Å². The van der Waals surface area contributed by atoms with Crippen LogP contribution in [0.4, 0.5) is 5.69 Å². The normalized spacial score (nSPS) is 11.3. The van der Waals surface area contributed by atoms with E-state index in [1.54, 1.807) is 19.1 Å². The van der Waals surface area contributed by atoms with Crippen LogP contribution in [0.5, 0.6) is 0 Å². The van der Waals surface area contributed by atoms with Gasteiger partial charge in [0.05, 0.1) is 17.9 Å². The van der Waals surface area contributed by atoms with Crippen LogP contribution in [-0.4, -0.2) is 23.4 Å². The molecule has 0 aliphatic carbocycles. The predicted octanol–water partition coefficient (Wildman–Crippen LogP) is 6.17. The van der Waals surface area contributed by atoms with Crippen molar-refractivity contribution in [1.82, 2.24) is 4.57 Å². The molecule has 150 valence electrons. The lowest BCUT2D eigenvalue weighted by Gasteiger charge is -2.10. The van der Waals surface area contributed by atoms with Crippen molar-refractivity contribution in [2.45, 2.75) is 20.8 Å². The molecule has 0 atom stereocenters. The van der Waals surface area contributed by atoms with Gasteiger partial charge in [-0.25, -0.2) is 4.79 Å². The number of hydrogen-bond donors (Lipinski definition) is 0. The Morgan fingerprint density at radius 3 is 2.43 bits per heavy atom. The number of esters is 1. The van der Waals surface area contributed by atoms with Crippen LogP contribution >= 0.6 is 0 Å². The highest BCUT2D eigenvalue weighted by atomic mass is 16.5. The second kappa shape index (κ2) is 8.37. The topological polar surface area (TPSA) is 43.6 Å². The number of carbonyl (C=O) groups is 1. The molecule has 0 saturated carbocycles. The van der Waals surface area contributed by atoms with Crippen molar-refractivity contribution in [2.24, 2.45) is 4.99 Å². The van der Waals surface area contributed by atoms with Gasteiger partial charge in [0.1, 0.15) is 0 Å². The zero-order valence-corrected chi connectivity index (χ0v) is 17.4. The van der Waals surface area contributed by atoms with Crippen molar-refractivity contribution >= 4 is 28.6 Å². The largest absolute Gasteiger partial charge is 0.462 e. The van der Waals surface area contributed by atoms with Crippen LogP contribution in [0.3, 0.4) is 0 Å². The summed E-state index contributed by atoms with van der Waals surface area (Å²) in [5.41, 5.74) is 5.76. The van der Waals surface area contributed by atoms with E-state index in [0.717, 1.165) is 28.3 Å². The minimum Gasteiger partial charge on any atom is -0.462 e. The van der Waals surface area contributed by atoms with Gasteiger partial charge in [-0.1, -0.05) is 30.3 Å². The number of benzene rings is 3. The smallest absolute Gasteiger partial charge is 0.338 e. The molecular formula is C26H24N2O2. The Morgan fingerprint density at radius 2 is 1.70 bits per heavy atom. The van der Waals surface area contributed by atoms with Gasteiger partial charge < -0.3 is 9.30 Å². The Balaban J connectivity index is 1.61. The van der Waals surface area contributed by atoms with Crippen LogP contribution in [0.1, 0.15) is 34.2 Å². The minimum absolute atomic E-state index is 0.298. The number of nitrogens with zero attached hydrogens (tertiary/aromatic N) is 2. The first-order valence-electron chi connectivity index (χ1n) is 10.1. The Kier molecular flexibility index (Phi) is 5.48. The van der Waals surface area contributed by atoms with Crippen LogP contribution in [0, 0.1) is 13.8 Å². The average molecular weight is 396 g/mol. The van der Waals surface area contributed by atoms with Gasteiger partial charge in [0.25, 0.3) is 0 Å². The third-order valence-corrected chi connectivity index (χ3v) is 5.19. The van der Waals surface area contributed by atoms with E-state index in [2.05, 4.69) is 48.7 Å². The summed E-state index contributed by atoms with van der Waals surface area (Å²) in [6.45, 7) is 6.32. The van der Waals surface area contributed by atoms with E-state index in [4.69, 9.17) is 9.73 Å². The van der Waals surface area contributed by atoms with E-state index < -0.39 is 0 Å². The zero-order valence-electron chi connectivity index (χ0n) is 17.4. The van der Waals surface area contributed by atoms with Crippen molar-refractivity contribution < 1.29 is 9.53 Å². The summed E-state index contributed by atoms with van der Waals surface area (Å²) in [7, 11) is 0. The molecule has 4 aromatic rings. The number of aliphatic imine (C=N–C) groups is 1. The molecule has 4 nitrogen and oxygen atoms in total. The van der Waals surface area contributed by atoms with Crippen LogP contribution in [0.2, 0.25) is 0 Å². The van der Waals surface area contributed by atoms with E-state index in [-0.39, 0.29) is 5.97 Å². The molecule has 0 radical (unpaired) electrons. The molecule has 0 saturated heterocycles. The van der Waals surface area contributed by atoms with E-state index in [0.29, 0.717) is 12.2 Å². The Hall–Kier alpha value is -3.66. The maximum atomic E-state index is 11.9. The van der Waals surface area contributed by atoms with Gasteiger partial charge in [0.15, 0.2) is 0 Å². The number of fused-ring (bicyclic) bond motifs is 1. The molecule has 4 heteroatoms. The van der Waals surface area contributed by atoms with Gasteiger partial charge in [-0.15, -0.1) is 0 Å². The van der Waals surface area contributed by atoms with Crippen LogP contribution in [0.25, 0.3) is 16.5 Å². The zero-order chi connectivity index (χ0) is 21.1. The standard InChI is InChI=1S/C26H24N2O2/c1-4-30-26(29)21-10-13-25(14-11-21)28-18(2)15-23(19(28)3)17-27-24-12-9-20-7-5-6-8-22(20)16-24/h5-17H,4H2,1-3H3. The molecule has 1 heterocycles. The quantitative estimate of drug-likeness (QED) is 0.299. The summed E-state index contributed by atoms with van der Waals surface area (Å²) in [5, 5.41) is 2.39. The first kappa shape index (κ1) is 19.6. The van der Waals surface area contributed by atoms with E-state index >= 15 is 0 Å². The molecule has 4 rings (SSSR count). The molecule has 0 aliphatic rings. The Labute approximate surface area is 176 Å². The highest BCUT2D eigenvalue weighted by Crippen LogP contribution is 2.23. The van der Waals surface area contributed by atoms with Crippen LogP contribution < -0.4 is 0 Å². The second-order valence-corrected chi connectivity index (χ2v) is 7.22. The Bertz CT molecular complexity index is 1230. The van der Waals surface area contributed by atoms with E-state index in [1.807, 2.05) is 36.5 Å². The molecule has 0 spiro atoms. The highest BCUT2D eigenvalue weighted by Gasteiger charge is 2.11. The van der Waals surface area contributed by atoms with Crippen LogP contribution in [-0.2, 0) is 4.74 Å². The van der Waals surface area contributed by atoms with E-state index in [9.17, 15) is 4.79 Å². The lowest BCUT2D eigenvalue weighted by molar-refractivity contribution is 0.0526. The number of ether oxygens (including phenoxy) is 1. The number of aromatic nitrogens is 1. The molecule has 1 aromatic heterocycles. The highest BCUT2D eigenvalue weighted by molar-refractivity contribution is 5.90. The number of aryl methyl sites for hydroxylation is 1. The first-order valence-corrected chi connectivity index (χ1v) is 10.1. The summed E-state index contributed by atoms with van der Waals surface area (Å²) in [5.74, 6) is -0.298. The number of carbonyl (C=O) groups excluding carboxylic acids is 1. The molecule has 0 bridgehead atoms. The molecular weight excluding hydrogens is 372 g/mol. The summed E-state index contributed by atoms with van der Waals surface area (Å²) in [6.07, 6.45) is 1.91. The fourth-order valence-electron chi connectivity index (χ4n) is 3.68. The SMILES string of the molecule is CCOC(=O)c1ccc(-n2c(C)cc(C=Nc3ccc4ccccc4c3)c2C)cc1. The fourth-order valence-corrected chi connectivity index (χ4v) is 3.68. The molecule has 0 fully saturated rings. The summed E-state index contributed by atoms with van der Waals surface area (Å²) in [4.78, 5) is 16.6. The molecule has 3 aromatic carbocycles. The Morgan fingerprint density at radius 1 is 0.967 bits per heavy atom. The van der Waals surface area contributed by atoms with Crippen molar-refractivity contribution in [3.63, 3.8) is 0 Å². The molecule has 0 unspecified atom stereocenters. The molecule has 0 N–H and O–H groups in total. The lowest BCUT2D eigenvalue weighted by atomic mass is 10.1.